The van der Waals surface area contributed by atoms with Crippen LogP contribution in [-0.2, 0) is 4.79 Å². The maximum Gasteiger partial charge on any atom is 0.246 e. The first-order valence-corrected chi connectivity index (χ1v) is 9.17. The molecule has 5 unspecified atom stereocenters. The monoisotopic (exact) mass is 367 g/mol. The molecule has 5 atom stereocenters. The first-order chi connectivity index (χ1) is 11.9. The van der Waals surface area contributed by atoms with Gasteiger partial charge in [-0.1, -0.05) is 24.6 Å². The van der Waals surface area contributed by atoms with Crippen LogP contribution < -0.4 is 32.7 Å². The van der Waals surface area contributed by atoms with Crippen LogP contribution in [0, 0.1) is 0 Å². The molecule has 10 heteroatoms. The van der Waals surface area contributed by atoms with Gasteiger partial charge in [0.1, 0.15) is 31.0 Å². The van der Waals surface area contributed by atoms with Crippen LogP contribution in [0.25, 0.3) is 0 Å². The van der Waals surface area contributed by atoms with Crippen molar-refractivity contribution in [3.63, 3.8) is 0 Å². The SMILES string of the molecule is BC1=CCC2NC(CNC(=O)C3NC(Cl)=C(N)NC3N)N(CC)C2C1. The van der Waals surface area contributed by atoms with Gasteiger partial charge in [0.15, 0.2) is 0 Å². The number of nitrogens with zero attached hydrogens (tertiary/aromatic N) is 1. The Morgan fingerprint density at radius 2 is 2.28 bits per heavy atom. The van der Waals surface area contributed by atoms with Gasteiger partial charge >= 0.3 is 0 Å². The maximum absolute atomic E-state index is 12.5. The van der Waals surface area contributed by atoms with Crippen LogP contribution in [0.1, 0.15) is 19.8 Å². The van der Waals surface area contributed by atoms with Crippen LogP contribution in [-0.4, -0.2) is 62.2 Å². The lowest BCUT2D eigenvalue weighted by molar-refractivity contribution is -0.124. The molecule has 0 spiro atoms. The fourth-order valence-electron chi connectivity index (χ4n) is 3.94. The fourth-order valence-corrected chi connectivity index (χ4v) is 4.11. The van der Waals surface area contributed by atoms with E-state index in [0.717, 1.165) is 19.4 Å². The lowest BCUT2D eigenvalue weighted by Crippen LogP contribution is -2.64. The second-order valence-corrected chi connectivity index (χ2v) is 7.32. The van der Waals surface area contributed by atoms with E-state index < -0.39 is 12.2 Å². The molecule has 0 aromatic rings. The lowest BCUT2D eigenvalue weighted by atomic mass is 9.81. The minimum absolute atomic E-state index is 0.118. The molecule has 25 heavy (non-hydrogen) atoms. The number of amides is 1. The molecule has 8 nitrogen and oxygen atoms in total. The van der Waals surface area contributed by atoms with E-state index in [-0.39, 0.29) is 23.1 Å². The van der Waals surface area contributed by atoms with Gasteiger partial charge in [-0.05, 0) is 19.4 Å². The van der Waals surface area contributed by atoms with Gasteiger partial charge in [0.25, 0.3) is 0 Å². The lowest BCUT2D eigenvalue weighted by Gasteiger charge is -2.33. The van der Waals surface area contributed by atoms with E-state index in [1.807, 2.05) is 0 Å². The van der Waals surface area contributed by atoms with Crippen molar-refractivity contribution in [1.82, 2.24) is 26.2 Å². The van der Waals surface area contributed by atoms with Crippen LogP contribution >= 0.6 is 11.6 Å². The Balaban J connectivity index is 1.57. The number of rotatable bonds is 4. The number of fused-ring (bicyclic) bond motifs is 1. The number of likely N-dealkylation sites (N-methyl/N-ethyl adjacent to an activating group) is 1. The van der Waals surface area contributed by atoms with Crippen LogP contribution in [0.4, 0.5) is 0 Å². The Kier molecular flexibility index (Phi) is 5.48. The van der Waals surface area contributed by atoms with E-state index >= 15 is 0 Å². The number of nitrogens with one attached hydrogen (secondary N) is 4. The van der Waals surface area contributed by atoms with Gasteiger partial charge in [0, 0.05) is 18.6 Å². The van der Waals surface area contributed by atoms with E-state index in [1.165, 1.54) is 5.47 Å². The minimum atomic E-state index is -0.664. The van der Waals surface area contributed by atoms with E-state index in [0.29, 0.717) is 18.6 Å². The fraction of sp³-hybridized carbons (Fsp3) is 0.667. The van der Waals surface area contributed by atoms with Crippen molar-refractivity contribution in [3.8, 4) is 0 Å². The standard InChI is InChI=1S/C15H27BClN7O/c1-2-24-9-5-7(16)3-4-8(9)21-10(24)6-20-15(25)11-13(18)23-14(19)12(17)22-11/h3,8-11,13,21-23H,2,4-6,16,18-19H2,1H3,(H,20,25). The molecular weight excluding hydrogens is 340 g/mol. The molecule has 0 radical (unpaired) electrons. The van der Waals surface area contributed by atoms with Gasteiger partial charge in [0.2, 0.25) is 5.91 Å². The summed E-state index contributed by atoms with van der Waals surface area (Å²) in [5.74, 6) is 0.0486. The third kappa shape index (κ3) is 3.74. The van der Waals surface area contributed by atoms with Crippen molar-refractivity contribution in [2.24, 2.45) is 11.5 Å². The van der Waals surface area contributed by atoms with Gasteiger partial charge in [-0.2, -0.15) is 0 Å². The topological polar surface area (TPSA) is 120 Å². The van der Waals surface area contributed by atoms with Crippen LogP contribution in [0.3, 0.4) is 0 Å². The Labute approximate surface area is 154 Å². The quantitative estimate of drug-likeness (QED) is 0.241. The molecule has 3 rings (SSSR count). The first kappa shape index (κ1) is 18.4. The molecule has 0 aromatic carbocycles. The summed E-state index contributed by atoms with van der Waals surface area (Å²) in [6.45, 7) is 3.61. The third-order valence-corrected chi connectivity index (χ3v) is 5.58. The largest absolute Gasteiger partial charge is 0.383 e. The van der Waals surface area contributed by atoms with Gasteiger partial charge in [-0.3, -0.25) is 15.0 Å². The van der Waals surface area contributed by atoms with Gasteiger partial charge in [-0.15, -0.1) is 5.47 Å². The van der Waals surface area contributed by atoms with Gasteiger partial charge in [0.05, 0.1) is 6.17 Å². The van der Waals surface area contributed by atoms with Crippen molar-refractivity contribution >= 4 is 25.4 Å². The molecule has 1 saturated heterocycles. The van der Waals surface area contributed by atoms with Crippen LogP contribution in [0.5, 0.6) is 0 Å². The summed E-state index contributed by atoms with van der Waals surface area (Å²) in [5.41, 5.74) is 13.0. The molecule has 0 aromatic heterocycles. The highest BCUT2D eigenvalue weighted by atomic mass is 35.5. The van der Waals surface area contributed by atoms with Gasteiger partial charge < -0.3 is 27.4 Å². The zero-order valence-electron chi connectivity index (χ0n) is 14.7. The molecule has 0 bridgehead atoms. The number of halogens is 1. The Bertz CT molecular complexity index is 598. The predicted octanol–water partition coefficient (Wildman–Crippen LogP) is -2.43. The number of carbonyl (C=O) groups is 1. The molecule has 1 fully saturated rings. The molecule has 1 aliphatic carbocycles. The molecular formula is C15H27BClN7O. The highest BCUT2D eigenvalue weighted by molar-refractivity contribution is 6.29. The number of nitrogens with two attached hydrogens (primary N) is 2. The van der Waals surface area contributed by atoms with E-state index in [1.54, 1.807) is 0 Å². The summed E-state index contributed by atoms with van der Waals surface area (Å²) in [7, 11) is 2.19. The minimum Gasteiger partial charge on any atom is -0.383 e. The van der Waals surface area contributed by atoms with Crippen molar-refractivity contribution in [1.29, 1.82) is 0 Å². The van der Waals surface area contributed by atoms with Crippen LogP contribution in [0.15, 0.2) is 22.5 Å². The van der Waals surface area contributed by atoms with E-state index in [9.17, 15) is 4.79 Å². The Morgan fingerprint density at radius 1 is 1.52 bits per heavy atom. The second kappa shape index (κ2) is 7.45. The van der Waals surface area contributed by atoms with E-state index in [2.05, 4.69) is 47.0 Å². The molecule has 0 saturated carbocycles. The molecule has 138 valence electrons. The summed E-state index contributed by atoms with van der Waals surface area (Å²) in [6, 6.07) is 0.271. The molecule has 2 heterocycles. The Morgan fingerprint density at radius 3 is 3.00 bits per heavy atom. The summed E-state index contributed by atoms with van der Waals surface area (Å²) >= 11 is 5.96. The van der Waals surface area contributed by atoms with Crippen LogP contribution in [0.2, 0.25) is 0 Å². The average Bonchev–Trinajstić information content (AvgIpc) is 2.92. The highest BCUT2D eigenvalue weighted by Gasteiger charge is 2.41. The third-order valence-electron chi connectivity index (χ3n) is 5.27. The summed E-state index contributed by atoms with van der Waals surface area (Å²) in [5, 5.41) is 12.5. The zero-order chi connectivity index (χ0) is 18.1. The highest BCUT2D eigenvalue weighted by Crippen LogP contribution is 2.28. The summed E-state index contributed by atoms with van der Waals surface area (Å²) in [6.07, 6.45) is 3.91. The van der Waals surface area contributed by atoms with Crippen molar-refractivity contribution in [3.05, 3.63) is 22.5 Å². The summed E-state index contributed by atoms with van der Waals surface area (Å²) in [4.78, 5) is 14.9. The van der Waals surface area contributed by atoms with Crippen molar-refractivity contribution < 1.29 is 4.79 Å². The van der Waals surface area contributed by atoms with Gasteiger partial charge in [-0.25, -0.2) is 0 Å². The van der Waals surface area contributed by atoms with E-state index in [4.69, 9.17) is 23.1 Å². The second-order valence-electron chi connectivity index (χ2n) is 6.94. The molecule has 1 amide bonds. The number of carbonyl (C=O) groups excluding carboxylic acids is 1. The Hall–Kier alpha value is -1.42. The smallest absolute Gasteiger partial charge is 0.246 e. The van der Waals surface area contributed by atoms with Crippen molar-refractivity contribution in [2.75, 3.05) is 13.1 Å². The zero-order valence-corrected chi connectivity index (χ0v) is 15.4. The normalized spacial score (nSPS) is 35.5. The molecule has 3 aliphatic rings. The summed E-state index contributed by atoms with van der Waals surface area (Å²) < 4.78 is 0. The first-order valence-electron chi connectivity index (χ1n) is 8.79. The number of hydrogen-bond donors (Lipinski definition) is 6. The molecule has 8 N–H and O–H groups in total. The number of hydrogen-bond acceptors (Lipinski definition) is 7. The average molecular weight is 368 g/mol. The molecule has 2 aliphatic heterocycles. The van der Waals surface area contributed by atoms with Crippen molar-refractivity contribution in [2.45, 2.75) is 50.2 Å². The predicted molar refractivity (Wildman–Crippen MR) is 101 cm³/mol. The maximum atomic E-state index is 12.5.